The molecule has 0 radical (unpaired) electrons. The third-order valence-electron chi connectivity index (χ3n) is 5.90. The van der Waals surface area contributed by atoms with Gasteiger partial charge in [-0.15, -0.1) is 0 Å². The monoisotopic (exact) mass is 463 g/mol. The third kappa shape index (κ3) is 6.34. The Morgan fingerprint density at radius 3 is 2.47 bits per heavy atom. The summed E-state index contributed by atoms with van der Waals surface area (Å²) in [5.41, 5.74) is 1.99. The number of ether oxygens (including phenoxy) is 2. The topological polar surface area (TPSA) is 54.0 Å². The normalized spacial score (nSPS) is 15.9. The average molecular weight is 464 g/mol. The summed E-state index contributed by atoms with van der Waals surface area (Å²) in [5, 5.41) is 3.49. The van der Waals surface area contributed by atoms with Crippen molar-refractivity contribution in [2.45, 2.75) is 25.9 Å². The molecule has 1 amide bonds. The Labute approximate surface area is 194 Å². The van der Waals surface area contributed by atoms with Crippen molar-refractivity contribution < 1.29 is 18.7 Å². The van der Waals surface area contributed by atoms with Crippen LogP contribution in [0.1, 0.15) is 18.1 Å². The molecule has 1 fully saturated rings. The van der Waals surface area contributed by atoms with Gasteiger partial charge in [-0.1, -0.05) is 23.7 Å². The molecule has 32 heavy (non-hydrogen) atoms. The standard InChI is InChI=1S/C24H31ClFN3O3/c1-17(24(30)27-9-8-18-4-7-22(31-2)23(14-18)32-3)29-12-10-28(11-13-29)16-19-5-6-20(26)15-21(19)25/h4-7,14-15,17H,8-13,16H2,1-3H3,(H,27,30). The lowest BCUT2D eigenvalue weighted by Gasteiger charge is -2.37. The van der Waals surface area contributed by atoms with E-state index in [1.54, 1.807) is 20.3 Å². The second-order valence-corrected chi connectivity index (χ2v) is 8.36. The van der Waals surface area contributed by atoms with Gasteiger partial charge in [-0.25, -0.2) is 4.39 Å². The Balaban J connectivity index is 1.42. The number of nitrogens with one attached hydrogen (secondary N) is 1. The van der Waals surface area contributed by atoms with E-state index in [4.69, 9.17) is 21.1 Å². The van der Waals surface area contributed by atoms with Gasteiger partial charge in [0.1, 0.15) is 5.82 Å². The molecule has 8 heteroatoms. The van der Waals surface area contributed by atoms with E-state index in [9.17, 15) is 9.18 Å². The molecular weight excluding hydrogens is 433 g/mol. The zero-order chi connectivity index (χ0) is 23.1. The molecule has 2 aromatic carbocycles. The van der Waals surface area contributed by atoms with Gasteiger partial charge < -0.3 is 14.8 Å². The number of carbonyl (C=O) groups excluding carboxylic acids is 1. The Hall–Kier alpha value is -2.35. The molecule has 1 unspecified atom stereocenters. The fourth-order valence-corrected chi connectivity index (χ4v) is 4.11. The quantitative estimate of drug-likeness (QED) is 0.618. The Morgan fingerprint density at radius 2 is 1.81 bits per heavy atom. The number of nitrogens with zero attached hydrogens (tertiary/aromatic N) is 2. The highest BCUT2D eigenvalue weighted by molar-refractivity contribution is 6.31. The van der Waals surface area contributed by atoms with E-state index in [1.807, 2.05) is 25.1 Å². The minimum absolute atomic E-state index is 0.0282. The first kappa shape index (κ1) is 24.3. The van der Waals surface area contributed by atoms with Gasteiger partial charge in [0.25, 0.3) is 0 Å². The minimum atomic E-state index is -0.325. The van der Waals surface area contributed by atoms with Crippen molar-refractivity contribution in [1.29, 1.82) is 0 Å². The summed E-state index contributed by atoms with van der Waals surface area (Å²) in [4.78, 5) is 17.1. The molecule has 0 spiro atoms. The number of rotatable bonds is 9. The van der Waals surface area contributed by atoms with Crippen LogP contribution in [0.3, 0.4) is 0 Å². The molecule has 1 aliphatic rings. The summed E-state index contributed by atoms with van der Waals surface area (Å²) in [5.74, 6) is 1.08. The van der Waals surface area contributed by atoms with Crippen LogP contribution < -0.4 is 14.8 Å². The number of piperazine rings is 1. The van der Waals surface area contributed by atoms with E-state index in [0.29, 0.717) is 36.0 Å². The number of methoxy groups -OCH3 is 2. The van der Waals surface area contributed by atoms with Crippen LogP contribution in [0.15, 0.2) is 36.4 Å². The van der Waals surface area contributed by atoms with Gasteiger partial charge in [-0.05, 0) is 48.7 Å². The van der Waals surface area contributed by atoms with E-state index in [-0.39, 0.29) is 17.8 Å². The highest BCUT2D eigenvalue weighted by Crippen LogP contribution is 2.27. The molecule has 1 atom stereocenters. The Bertz CT molecular complexity index is 919. The van der Waals surface area contributed by atoms with Crippen LogP contribution >= 0.6 is 11.6 Å². The fourth-order valence-electron chi connectivity index (χ4n) is 3.88. The van der Waals surface area contributed by atoms with Crippen molar-refractivity contribution in [1.82, 2.24) is 15.1 Å². The number of hydrogen-bond acceptors (Lipinski definition) is 5. The average Bonchev–Trinajstić information content (AvgIpc) is 2.80. The molecule has 1 aliphatic heterocycles. The lowest BCUT2D eigenvalue weighted by Crippen LogP contribution is -2.53. The van der Waals surface area contributed by atoms with E-state index >= 15 is 0 Å². The highest BCUT2D eigenvalue weighted by atomic mass is 35.5. The smallest absolute Gasteiger partial charge is 0.237 e. The summed E-state index contributed by atoms with van der Waals surface area (Å²) in [6.07, 6.45) is 0.713. The molecule has 1 N–H and O–H groups in total. The summed E-state index contributed by atoms with van der Waals surface area (Å²) in [6.45, 7) is 6.43. The molecule has 0 bridgehead atoms. The van der Waals surface area contributed by atoms with E-state index in [2.05, 4.69) is 15.1 Å². The Morgan fingerprint density at radius 1 is 1.09 bits per heavy atom. The molecule has 3 rings (SSSR count). The van der Waals surface area contributed by atoms with E-state index in [0.717, 1.165) is 37.3 Å². The van der Waals surface area contributed by atoms with Gasteiger partial charge in [-0.2, -0.15) is 0 Å². The number of hydrogen-bond donors (Lipinski definition) is 1. The van der Waals surface area contributed by atoms with Gasteiger partial charge in [0.05, 0.1) is 20.3 Å². The molecule has 1 saturated heterocycles. The van der Waals surface area contributed by atoms with Crippen molar-refractivity contribution >= 4 is 17.5 Å². The summed E-state index contributed by atoms with van der Waals surface area (Å²) < 4.78 is 23.8. The van der Waals surface area contributed by atoms with Crippen molar-refractivity contribution in [3.8, 4) is 11.5 Å². The fraction of sp³-hybridized carbons (Fsp3) is 0.458. The summed E-state index contributed by atoms with van der Waals surface area (Å²) in [7, 11) is 3.22. The maximum absolute atomic E-state index is 13.2. The number of carbonyl (C=O) groups is 1. The van der Waals surface area contributed by atoms with Crippen LogP contribution in [0.2, 0.25) is 5.02 Å². The van der Waals surface area contributed by atoms with Crippen molar-refractivity contribution in [3.05, 3.63) is 58.4 Å². The zero-order valence-electron chi connectivity index (χ0n) is 18.9. The zero-order valence-corrected chi connectivity index (χ0v) is 19.6. The van der Waals surface area contributed by atoms with Crippen molar-refractivity contribution in [3.63, 3.8) is 0 Å². The van der Waals surface area contributed by atoms with Crippen LogP contribution in [-0.2, 0) is 17.8 Å². The molecule has 1 heterocycles. The largest absolute Gasteiger partial charge is 0.493 e. The lowest BCUT2D eigenvalue weighted by molar-refractivity contribution is -0.126. The van der Waals surface area contributed by atoms with Crippen LogP contribution in [0.4, 0.5) is 4.39 Å². The van der Waals surface area contributed by atoms with Crippen LogP contribution in [-0.4, -0.2) is 68.7 Å². The molecule has 6 nitrogen and oxygen atoms in total. The van der Waals surface area contributed by atoms with Crippen molar-refractivity contribution in [2.75, 3.05) is 46.9 Å². The number of halogens is 2. The SMILES string of the molecule is COc1ccc(CCNC(=O)C(C)N2CCN(Cc3ccc(F)cc3Cl)CC2)cc1OC. The first-order valence-electron chi connectivity index (χ1n) is 10.8. The molecule has 0 aliphatic carbocycles. The first-order chi connectivity index (χ1) is 15.4. The summed E-state index contributed by atoms with van der Waals surface area (Å²) >= 11 is 6.15. The number of amides is 1. The Kier molecular flexibility index (Phi) is 8.73. The maximum Gasteiger partial charge on any atom is 0.237 e. The molecule has 0 saturated carbocycles. The van der Waals surface area contributed by atoms with Gasteiger partial charge in [0.15, 0.2) is 11.5 Å². The van der Waals surface area contributed by atoms with E-state index in [1.165, 1.54) is 12.1 Å². The van der Waals surface area contributed by atoms with Gasteiger partial charge in [0, 0.05) is 44.3 Å². The van der Waals surface area contributed by atoms with Gasteiger partial charge in [0.2, 0.25) is 5.91 Å². The molecule has 0 aromatic heterocycles. The van der Waals surface area contributed by atoms with Crippen LogP contribution in [0, 0.1) is 5.82 Å². The number of benzene rings is 2. The summed E-state index contributed by atoms with van der Waals surface area (Å²) in [6, 6.07) is 10.1. The molecule has 2 aromatic rings. The van der Waals surface area contributed by atoms with Crippen LogP contribution in [0.25, 0.3) is 0 Å². The van der Waals surface area contributed by atoms with Gasteiger partial charge in [-0.3, -0.25) is 14.6 Å². The highest BCUT2D eigenvalue weighted by Gasteiger charge is 2.25. The second-order valence-electron chi connectivity index (χ2n) is 7.95. The van der Waals surface area contributed by atoms with Crippen LogP contribution in [0.5, 0.6) is 11.5 Å². The first-order valence-corrected chi connectivity index (χ1v) is 11.2. The molecule has 174 valence electrons. The third-order valence-corrected chi connectivity index (χ3v) is 6.26. The second kappa shape index (κ2) is 11.5. The van der Waals surface area contributed by atoms with Crippen molar-refractivity contribution in [2.24, 2.45) is 0 Å². The maximum atomic E-state index is 13.2. The lowest BCUT2D eigenvalue weighted by atomic mass is 10.1. The van der Waals surface area contributed by atoms with Gasteiger partial charge >= 0.3 is 0 Å². The molecular formula is C24H31ClFN3O3. The predicted molar refractivity (Wildman–Crippen MR) is 124 cm³/mol. The van der Waals surface area contributed by atoms with E-state index < -0.39 is 0 Å². The predicted octanol–water partition coefficient (Wildman–Crippen LogP) is 3.36. The minimum Gasteiger partial charge on any atom is -0.493 e.